The van der Waals surface area contributed by atoms with Crippen LogP contribution < -0.4 is 4.74 Å². The molecule has 0 aliphatic heterocycles. The third-order valence-corrected chi connectivity index (χ3v) is 18.9. The average molecular weight is 423 g/mol. The number of benzene rings is 1. The fraction of sp³-hybridized carbons (Fsp3) is 0.619. The molecule has 0 aliphatic carbocycles. The number of methoxy groups -OCH3 is 1. The van der Waals surface area contributed by atoms with Crippen LogP contribution in [0.3, 0.4) is 0 Å². The van der Waals surface area contributed by atoms with Crippen molar-refractivity contribution in [2.75, 3.05) is 7.11 Å². The summed E-state index contributed by atoms with van der Waals surface area (Å²) < 4.78 is 12.7. The summed E-state index contributed by atoms with van der Waals surface area (Å²) in [6.45, 7) is 7.01. The van der Waals surface area contributed by atoms with E-state index in [4.69, 9.17) is 4.74 Å². The molecule has 1 aromatic carbocycles. The first-order chi connectivity index (χ1) is 11.2. The summed E-state index contributed by atoms with van der Waals surface area (Å²) in [5.74, 6) is 0.962. The number of rotatable bonds is 12. The van der Waals surface area contributed by atoms with Crippen LogP contribution in [0, 0.1) is 0 Å². The Kier molecular flexibility index (Phi) is 10.7. The van der Waals surface area contributed by atoms with Crippen LogP contribution in [-0.2, 0) is 0 Å². The fourth-order valence-electron chi connectivity index (χ4n) is 3.23. The Morgan fingerprint density at radius 3 is 1.96 bits per heavy atom. The minimum atomic E-state index is -2.15. The van der Waals surface area contributed by atoms with Gasteiger partial charge in [-0.2, -0.15) is 0 Å². The summed E-state index contributed by atoms with van der Waals surface area (Å²) in [6.07, 6.45) is 10.7. The predicted octanol–water partition coefficient (Wildman–Crippen LogP) is 7.10. The first kappa shape index (κ1) is 20.6. The van der Waals surface area contributed by atoms with Gasteiger partial charge in [-0.15, -0.1) is 0 Å². The quantitative estimate of drug-likeness (QED) is 0.326. The third kappa shape index (κ3) is 7.78. The molecule has 1 nitrogen and oxygen atoms in total. The van der Waals surface area contributed by atoms with Crippen LogP contribution >= 0.6 is 0 Å². The molecule has 1 rings (SSSR count). The van der Waals surface area contributed by atoms with Crippen LogP contribution in [0.2, 0.25) is 13.3 Å². The predicted molar refractivity (Wildman–Crippen MR) is 107 cm³/mol. The van der Waals surface area contributed by atoms with Crippen molar-refractivity contribution >= 4 is 24.5 Å². The zero-order valence-corrected chi connectivity index (χ0v) is 18.6. The molecule has 0 amide bonds. The van der Waals surface area contributed by atoms with Crippen LogP contribution in [0.1, 0.15) is 64.9 Å². The van der Waals surface area contributed by atoms with Gasteiger partial charge in [-0.25, -0.2) is 0 Å². The molecule has 23 heavy (non-hydrogen) atoms. The maximum absolute atomic E-state index is 5.36. The van der Waals surface area contributed by atoms with Crippen LogP contribution in [0.5, 0.6) is 5.75 Å². The van der Waals surface area contributed by atoms with Crippen LogP contribution in [-0.4, -0.2) is 25.5 Å². The van der Waals surface area contributed by atoms with Crippen molar-refractivity contribution in [3.8, 4) is 5.75 Å². The van der Waals surface area contributed by atoms with Gasteiger partial charge < -0.3 is 0 Å². The number of hydrogen-bond donors (Lipinski definition) is 0. The topological polar surface area (TPSA) is 9.23 Å². The Labute approximate surface area is 148 Å². The SMILES string of the molecule is CCC[CH2][Sn](/[CH]=C/c1cccc(OC)c1)([CH2]CCC)[CH2]CCC. The molecule has 0 bridgehead atoms. The molecule has 130 valence electrons. The Bertz CT molecular complexity index is 431. The van der Waals surface area contributed by atoms with Gasteiger partial charge in [-0.3, -0.25) is 0 Å². The first-order valence-electron chi connectivity index (χ1n) is 9.53. The van der Waals surface area contributed by atoms with Crippen molar-refractivity contribution in [3.63, 3.8) is 0 Å². The molecular formula is C21H36OSn. The third-order valence-electron chi connectivity index (χ3n) is 4.81. The van der Waals surface area contributed by atoms with Gasteiger partial charge in [0.15, 0.2) is 0 Å². The average Bonchev–Trinajstić information content (AvgIpc) is 2.60. The van der Waals surface area contributed by atoms with Gasteiger partial charge in [-0.1, -0.05) is 0 Å². The van der Waals surface area contributed by atoms with E-state index in [1.807, 2.05) is 6.07 Å². The fourth-order valence-corrected chi connectivity index (χ4v) is 17.4. The van der Waals surface area contributed by atoms with E-state index in [1.54, 1.807) is 7.11 Å². The Morgan fingerprint density at radius 2 is 1.48 bits per heavy atom. The second-order valence-electron chi connectivity index (χ2n) is 6.78. The van der Waals surface area contributed by atoms with E-state index in [0.717, 1.165) is 5.75 Å². The van der Waals surface area contributed by atoms with Gasteiger partial charge in [-0.05, 0) is 0 Å². The molecule has 0 radical (unpaired) electrons. The molecule has 0 spiro atoms. The molecule has 0 saturated carbocycles. The summed E-state index contributed by atoms with van der Waals surface area (Å²) in [5, 5.41) is 0. The van der Waals surface area contributed by atoms with E-state index in [1.165, 1.54) is 57.4 Å². The number of hydrogen-bond acceptors (Lipinski definition) is 1. The molecule has 0 N–H and O–H groups in total. The van der Waals surface area contributed by atoms with E-state index < -0.39 is 18.4 Å². The summed E-state index contributed by atoms with van der Waals surface area (Å²) in [5.41, 5.74) is 1.30. The zero-order chi connectivity index (χ0) is 17.0. The van der Waals surface area contributed by atoms with Crippen LogP contribution in [0.15, 0.2) is 28.4 Å². The number of unbranched alkanes of at least 4 members (excludes halogenated alkanes) is 3. The first-order valence-corrected chi connectivity index (χ1v) is 17.2. The van der Waals surface area contributed by atoms with Crippen molar-refractivity contribution in [2.24, 2.45) is 0 Å². The van der Waals surface area contributed by atoms with E-state index in [2.05, 4.69) is 49.1 Å². The van der Waals surface area contributed by atoms with Crippen molar-refractivity contribution < 1.29 is 4.74 Å². The van der Waals surface area contributed by atoms with Crippen LogP contribution in [0.4, 0.5) is 0 Å². The van der Waals surface area contributed by atoms with Gasteiger partial charge >= 0.3 is 149 Å². The standard InChI is InChI=1S/C9H9O.3C4H9.Sn/c1-3-8-5-4-6-9(7-8)10-2;3*1-3-4-2;/h1,3-7H,2H3;3*1,3-4H2,2H3;. The van der Waals surface area contributed by atoms with Gasteiger partial charge in [0.05, 0.1) is 0 Å². The van der Waals surface area contributed by atoms with Crippen molar-refractivity contribution in [1.29, 1.82) is 0 Å². The Morgan fingerprint density at radius 1 is 0.913 bits per heavy atom. The van der Waals surface area contributed by atoms with Gasteiger partial charge in [0.25, 0.3) is 0 Å². The molecule has 0 heterocycles. The second-order valence-corrected chi connectivity index (χ2v) is 19.8. The molecule has 0 aromatic heterocycles. The molecule has 1 aromatic rings. The van der Waals surface area contributed by atoms with E-state index >= 15 is 0 Å². The molecule has 0 fully saturated rings. The maximum atomic E-state index is 5.36. The Balaban J connectivity index is 2.95. The number of ether oxygens (including phenoxy) is 1. The van der Waals surface area contributed by atoms with E-state index in [9.17, 15) is 0 Å². The van der Waals surface area contributed by atoms with Gasteiger partial charge in [0.2, 0.25) is 0 Å². The van der Waals surface area contributed by atoms with Crippen molar-refractivity contribution in [1.82, 2.24) is 0 Å². The summed E-state index contributed by atoms with van der Waals surface area (Å²) in [7, 11) is 1.75. The molecular weight excluding hydrogens is 387 g/mol. The van der Waals surface area contributed by atoms with Crippen molar-refractivity contribution in [3.05, 3.63) is 33.9 Å². The monoisotopic (exact) mass is 424 g/mol. The van der Waals surface area contributed by atoms with Crippen molar-refractivity contribution in [2.45, 2.75) is 72.6 Å². The molecule has 2 heteroatoms. The van der Waals surface area contributed by atoms with Crippen LogP contribution in [0.25, 0.3) is 6.08 Å². The summed E-state index contributed by atoms with van der Waals surface area (Å²) >= 11 is -2.15. The summed E-state index contributed by atoms with van der Waals surface area (Å²) in [4.78, 5) is 0. The summed E-state index contributed by atoms with van der Waals surface area (Å²) in [6, 6.07) is 8.49. The zero-order valence-electron chi connectivity index (χ0n) is 15.7. The molecule has 0 atom stereocenters. The molecule has 0 saturated heterocycles. The minimum absolute atomic E-state index is 0.962. The van der Waals surface area contributed by atoms with Gasteiger partial charge in [0, 0.05) is 0 Å². The molecule has 0 unspecified atom stereocenters. The normalized spacial score (nSPS) is 12.0. The second kappa shape index (κ2) is 12.0. The van der Waals surface area contributed by atoms with E-state index in [0.29, 0.717) is 0 Å². The molecule has 0 aliphatic rings. The van der Waals surface area contributed by atoms with Gasteiger partial charge in [0.1, 0.15) is 0 Å². The Hall–Kier alpha value is -0.441. The van der Waals surface area contributed by atoms with E-state index in [-0.39, 0.29) is 0 Å².